The van der Waals surface area contributed by atoms with Crippen LogP contribution in [0.1, 0.15) is 30.6 Å². The minimum atomic E-state index is -0.253. The van der Waals surface area contributed by atoms with Crippen molar-refractivity contribution in [1.29, 1.82) is 0 Å². The lowest BCUT2D eigenvalue weighted by Crippen LogP contribution is -2.31. The Bertz CT molecular complexity index is 527. The summed E-state index contributed by atoms with van der Waals surface area (Å²) in [4.78, 5) is 0. The Morgan fingerprint density at radius 1 is 1.37 bits per heavy atom. The van der Waals surface area contributed by atoms with E-state index in [0.29, 0.717) is 5.75 Å². The Kier molecular flexibility index (Phi) is 4.56. The first-order chi connectivity index (χ1) is 9.11. The zero-order chi connectivity index (χ0) is 13.8. The van der Waals surface area contributed by atoms with Crippen molar-refractivity contribution in [2.45, 2.75) is 32.4 Å². The van der Waals surface area contributed by atoms with Crippen LogP contribution >= 0.6 is 11.3 Å². The molecule has 0 saturated heterocycles. The molecule has 1 heterocycles. The molecule has 2 N–H and O–H groups in total. The van der Waals surface area contributed by atoms with Gasteiger partial charge in [-0.2, -0.15) is 11.3 Å². The van der Waals surface area contributed by atoms with E-state index in [0.717, 1.165) is 17.5 Å². The molecule has 0 saturated carbocycles. The van der Waals surface area contributed by atoms with E-state index in [1.54, 1.807) is 17.4 Å². The normalized spacial score (nSPS) is 14.1. The van der Waals surface area contributed by atoms with E-state index in [4.69, 9.17) is 10.5 Å². The van der Waals surface area contributed by atoms with E-state index in [1.165, 1.54) is 12.1 Å². The maximum Gasteiger partial charge on any atom is 0.140 e. The van der Waals surface area contributed by atoms with E-state index in [2.05, 4.69) is 0 Å². The van der Waals surface area contributed by atoms with Crippen LogP contribution in [0.4, 0.5) is 4.39 Å². The van der Waals surface area contributed by atoms with Gasteiger partial charge in [0.1, 0.15) is 17.7 Å². The summed E-state index contributed by atoms with van der Waals surface area (Å²) in [6, 6.07) is 6.47. The standard InChI is InChI=1S/C15H18FNOS/c1-3-13(17)15(11-6-7-19-9-11)18-14-5-4-12(16)8-10(14)2/h4-9,13,15H,3,17H2,1-2H3. The van der Waals surface area contributed by atoms with Crippen molar-refractivity contribution >= 4 is 11.3 Å². The van der Waals surface area contributed by atoms with Gasteiger partial charge in [-0.3, -0.25) is 0 Å². The molecule has 102 valence electrons. The first-order valence-electron chi connectivity index (χ1n) is 6.32. The van der Waals surface area contributed by atoms with Crippen molar-refractivity contribution in [2.75, 3.05) is 0 Å². The molecule has 4 heteroatoms. The number of nitrogens with two attached hydrogens (primary N) is 1. The van der Waals surface area contributed by atoms with Crippen molar-refractivity contribution in [3.8, 4) is 5.75 Å². The topological polar surface area (TPSA) is 35.2 Å². The fraction of sp³-hybridized carbons (Fsp3) is 0.333. The van der Waals surface area contributed by atoms with E-state index in [1.807, 2.05) is 30.7 Å². The summed E-state index contributed by atoms with van der Waals surface area (Å²) >= 11 is 1.62. The van der Waals surface area contributed by atoms with Gasteiger partial charge in [-0.25, -0.2) is 4.39 Å². The molecule has 0 amide bonds. The second kappa shape index (κ2) is 6.17. The van der Waals surface area contributed by atoms with Crippen LogP contribution in [0.5, 0.6) is 5.75 Å². The predicted molar refractivity (Wildman–Crippen MR) is 77.1 cm³/mol. The van der Waals surface area contributed by atoms with Crippen molar-refractivity contribution in [1.82, 2.24) is 0 Å². The molecule has 1 aromatic heterocycles. The average Bonchev–Trinajstić information content (AvgIpc) is 2.91. The van der Waals surface area contributed by atoms with Crippen molar-refractivity contribution in [3.05, 3.63) is 52.0 Å². The molecular formula is C15H18FNOS. The summed E-state index contributed by atoms with van der Waals surface area (Å²) in [5.41, 5.74) is 8.00. The summed E-state index contributed by atoms with van der Waals surface area (Å²) in [6.45, 7) is 3.87. The van der Waals surface area contributed by atoms with E-state index in [9.17, 15) is 4.39 Å². The number of aryl methyl sites for hydroxylation is 1. The average molecular weight is 279 g/mol. The highest BCUT2D eigenvalue weighted by atomic mass is 32.1. The molecule has 0 aliphatic carbocycles. The largest absolute Gasteiger partial charge is 0.484 e. The van der Waals surface area contributed by atoms with E-state index >= 15 is 0 Å². The number of ether oxygens (including phenoxy) is 1. The van der Waals surface area contributed by atoms with Crippen molar-refractivity contribution in [3.63, 3.8) is 0 Å². The molecule has 2 unspecified atom stereocenters. The molecule has 2 aromatic rings. The molecule has 0 fully saturated rings. The summed E-state index contributed by atoms with van der Waals surface area (Å²) in [7, 11) is 0. The predicted octanol–water partition coefficient (Wildman–Crippen LogP) is 4.05. The summed E-state index contributed by atoms with van der Waals surface area (Å²) in [6.07, 6.45) is 0.626. The van der Waals surface area contributed by atoms with Crippen LogP contribution < -0.4 is 10.5 Å². The van der Waals surface area contributed by atoms with Gasteiger partial charge in [0.15, 0.2) is 0 Å². The number of benzene rings is 1. The third-order valence-corrected chi connectivity index (χ3v) is 3.82. The molecule has 2 nitrogen and oxygen atoms in total. The number of hydrogen-bond acceptors (Lipinski definition) is 3. The Labute approximate surface area is 117 Å². The molecule has 0 spiro atoms. The van der Waals surface area contributed by atoms with Crippen LogP contribution in [0.3, 0.4) is 0 Å². The van der Waals surface area contributed by atoms with Crippen LogP contribution in [0.2, 0.25) is 0 Å². The lowest BCUT2D eigenvalue weighted by molar-refractivity contribution is 0.170. The maximum absolute atomic E-state index is 13.1. The van der Waals surface area contributed by atoms with Crippen LogP contribution in [0.25, 0.3) is 0 Å². The first-order valence-corrected chi connectivity index (χ1v) is 7.26. The van der Waals surface area contributed by atoms with Crippen LogP contribution in [-0.2, 0) is 0 Å². The fourth-order valence-electron chi connectivity index (χ4n) is 1.94. The molecule has 0 bridgehead atoms. The summed E-state index contributed by atoms with van der Waals surface area (Å²) in [5, 5.41) is 4.05. The Morgan fingerprint density at radius 2 is 2.16 bits per heavy atom. The van der Waals surface area contributed by atoms with Gasteiger partial charge in [0.2, 0.25) is 0 Å². The SMILES string of the molecule is CCC(N)C(Oc1ccc(F)cc1C)c1ccsc1. The molecule has 2 rings (SSSR count). The molecule has 0 aliphatic heterocycles. The van der Waals surface area contributed by atoms with Gasteiger partial charge in [-0.15, -0.1) is 0 Å². The van der Waals surface area contributed by atoms with Gasteiger partial charge < -0.3 is 10.5 Å². The molecule has 19 heavy (non-hydrogen) atoms. The van der Waals surface area contributed by atoms with Crippen molar-refractivity contribution < 1.29 is 9.13 Å². The molecule has 1 aromatic carbocycles. The zero-order valence-electron chi connectivity index (χ0n) is 11.1. The van der Waals surface area contributed by atoms with E-state index < -0.39 is 0 Å². The fourth-order valence-corrected chi connectivity index (χ4v) is 2.62. The highest BCUT2D eigenvalue weighted by Crippen LogP contribution is 2.29. The Morgan fingerprint density at radius 3 is 2.74 bits per heavy atom. The molecule has 2 atom stereocenters. The Balaban J connectivity index is 2.25. The second-order valence-corrected chi connectivity index (χ2v) is 5.36. The molecular weight excluding hydrogens is 261 g/mol. The summed E-state index contributed by atoms with van der Waals surface area (Å²) in [5.74, 6) is 0.429. The summed E-state index contributed by atoms with van der Waals surface area (Å²) < 4.78 is 19.1. The molecule has 0 aliphatic rings. The maximum atomic E-state index is 13.1. The number of hydrogen-bond donors (Lipinski definition) is 1. The van der Waals surface area contributed by atoms with Gasteiger partial charge >= 0.3 is 0 Å². The number of thiophene rings is 1. The first kappa shape index (κ1) is 14.0. The highest BCUT2D eigenvalue weighted by molar-refractivity contribution is 7.07. The van der Waals surface area contributed by atoms with Gasteiger partial charge in [-0.1, -0.05) is 6.92 Å². The smallest absolute Gasteiger partial charge is 0.140 e. The van der Waals surface area contributed by atoms with Gasteiger partial charge in [0.05, 0.1) is 0 Å². The molecule has 0 radical (unpaired) electrons. The lowest BCUT2D eigenvalue weighted by Gasteiger charge is -2.24. The minimum Gasteiger partial charge on any atom is -0.484 e. The highest BCUT2D eigenvalue weighted by Gasteiger charge is 2.21. The quantitative estimate of drug-likeness (QED) is 0.896. The van der Waals surface area contributed by atoms with Gasteiger partial charge in [0.25, 0.3) is 0 Å². The number of halogens is 1. The Hall–Kier alpha value is -1.39. The van der Waals surface area contributed by atoms with Crippen molar-refractivity contribution in [2.24, 2.45) is 5.73 Å². The minimum absolute atomic E-state index is 0.0842. The lowest BCUT2D eigenvalue weighted by atomic mass is 10.0. The van der Waals surface area contributed by atoms with Gasteiger partial charge in [-0.05, 0) is 53.9 Å². The van der Waals surface area contributed by atoms with Crippen LogP contribution in [0, 0.1) is 12.7 Å². The monoisotopic (exact) mass is 279 g/mol. The van der Waals surface area contributed by atoms with E-state index in [-0.39, 0.29) is 18.0 Å². The van der Waals surface area contributed by atoms with Gasteiger partial charge in [0, 0.05) is 11.6 Å². The third kappa shape index (κ3) is 3.33. The van der Waals surface area contributed by atoms with Crippen LogP contribution in [0.15, 0.2) is 35.0 Å². The second-order valence-electron chi connectivity index (χ2n) is 4.58. The third-order valence-electron chi connectivity index (χ3n) is 3.12. The van der Waals surface area contributed by atoms with Crippen LogP contribution in [-0.4, -0.2) is 6.04 Å². The zero-order valence-corrected chi connectivity index (χ0v) is 11.9. The number of rotatable bonds is 5.